The van der Waals surface area contributed by atoms with Gasteiger partial charge in [-0.05, 0) is 120 Å². The Hall–Kier alpha value is -0.280. The van der Waals surface area contributed by atoms with Crippen LogP contribution in [0.2, 0.25) is 0 Å². The molecule has 0 spiro atoms. The van der Waals surface area contributed by atoms with E-state index in [-0.39, 0.29) is 59.0 Å². The highest BCUT2D eigenvalue weighted by Gasteiger charge is 2.58. The molecule has 5 heterocycles. The average molecular weight is 525 g/mol. The van der Waals surface area contributed by atoms with Crippen LogP contribution in [-0.4, -0.2) is 80.4 Å². The minimum Gasteiger partial charge on any atom is -0.388 e. The summed E-state index contributed by atoms with van der Waals surface area (Å²) in [5, 5.41) is 20.9. The van der Waals surface area contributed by atoms with Crippen molar-refractivity contribution < 1.29 is 33.9 Å². The maximum atomic E-state index is 10.5. The van der Waals surface area contributed by atoms with Gasteiger partial charge in [-0.15, -0.1) is 0 Å². The topological polar surface area (TPSA) is 86.6 Å². The molecule has 10 atom stereocenters. The Bertz CT molecular complexity index is 782. The third-order valence-corrected chi connectivity index (χ3v) is 10.6. The van der Waals surface area contributed by atoms with Crippen molar-refractivity contribution in [3.05, 3.63) is 0 Å². The molecule has 0 unspecified atom stereocenters. The van der Waals surface area contributed by atoms with Gasteiger partial charge in [-0.25, -0.2) is 0 Å². The molecule has 37 heavy (non-hydrogen) atoms. The molecule has 5 aliphatic rings. The molecular weight excluding hydrogens is 472 g/mol. The van der Waals surface area contributed by atoms with Crippen molar-refractivity contribution in [1.82, 2.24) is 0 Å². The van der Waals surface area contributed by atoms with Crippen LogP contribution in [0.1, 0.15) is 120 Å². The molecule has 0 aromatic heterocycles. The second kappa shape index (κ2) is 9.12. The van der Waals surface area contributed by atoms with Gasteiger partial charge in [-0.3, -0.25) is 0 Å². The number of hydrogen-bond acceptors (Lipinski definition) is 7. The number of rotatable bonds is 6. The Kier molecular flexibility index (Phi) is 6.96. The first kappa shape index (κ1) is 28.3. The van der Waals surface area contributed by atoms with Gasteiger partial charge >= 0.3 is 0 Å². The maximum absolute atomic E-state index is 10.5. The van der Waals surface area contributed by atoms with E-state index in [1.54, 1.807) is 0 Å². The van der Waals surface area contributed by atoms with Crippen molar-refractivity contribution in [2.45, 2.75) is 190 Å². The molecule has 5 rings (SSSR count). The van der Waals surface area contributed by atoms with Gasteiger partial charge in [-0.1, -0.05) is 0 Å². The fourth-order valence-electron chi connectivity index (χ4n) is 7.78. The maximum Gasteiger partial charge on any atom is 0.0921 e. The number of hydrogen-bond donors (Lipinski definition) is 2. The minimum atomic E-state index is -0.841. The summed E-state index contributed by atoms with van der Waals surface area (Å²) in [6, 6.07) is 0. The SMILES string of the molecule is CC(C)(O)[C@H]1CC[C@](C)([C@@H]2CC[C@](C)([C@H]3CC[C@H]([C@@]4(C)CC[C@@H]([C@]5(C)CC[C@H](C(C)(C)O)O5)O4)O3)O2)O1. The molecule has 5 saturated heterocycles. The minimum absolute atomic E-state index is 0.0124. The summed E-state index contributed by atoms with van der Waals surface area (Å²) in [6.45, 7) is 16.0. The van der Waals surface area contributed by atoms with Crippen LogP contribution in [0.15, 0.2) is 0 Å². The Morgan fingerprint density at radius 3 is 1.14 bits per heavy atom. The Balaban J connectivity index is 1.18. The molecular formula is C30H52O7. The predicted molar refractivity (Wildman–Crippen MR) is 141 cm³/mol. The van der Waals surface area contributed by atoms with Crippen molar-refractivity contribution in [1.29, 1.82) is 0 Å². The van der Waals surface area contributed by atoms with Crippen molar-refractivity contribution >= 4 is 0 Å². The molecule has 0 aromatic rings. The summed E-state index contributed by atoms with van der Waals surface area (Å²) in [5.74, 6) is 0. The van der Waals surface area contributed by atoms with E-state index in [1.807, 2.05) is 27.7 Å². The van der Waals surface area contributed by atoms with Crippen molar-refractivity contribution in [3.8, 4) is 0 Å². The normalized spacial score (nSPS) is 51.4. The van der Waals surface area contributed by atoms with Crippen LogP contribution >= 0.6 is 0 Å². The summed E-state index contributed by atoms with van der Waals surface area (Å²) < 4.78 is 33.1. The smallest absolute Gasteiger partial charge is 0.0921 e. The molecule has 0 radical (unpaired) electrons. The van der Waals surface area contributed by atoms with Crippen molar-refractivity contribution in [3.63, 3.8) is 0 Å². The van der Waals surface area contributed by atoms with Crippen molar-refractivity contribution in [2.24, 2.45) is 0 Å². The van der Waals surface area contributed by atoms with Gasteiger partial charge in [-0.2, -0.15) is 0 Å². The quantitative estimate of drug-likeness (QED) is 0.515. The standard InChI is InChI=1S/C30H52O7/c1-25(2,31)19-11-15-29(7,34-19)23-13-17-27(5,36-23)21-9-10-22(33-21)28(6)18-14-24(37-28)30(8)16-12-20(35-30)26(3,4)32/h19-24,31-32H,9-18H2,1-8H3/t19-,20-,21-,22-,23+,24+,27-,28-,29-,30+/m1/s1. The summed E-state index contributed by atoms with van der Waals surface area (Å²) in [4.78, 5) is 0. The summed E-state index contributed by atoms with van der Waals surface area (Å²) in [5.41, 5.74) is -3.10. The third kappa shape index (κ3) is 5.16. The van der Waals surface area contributed by atoms with E-state index in [0.29, 0.717) is 0 Å². The lowest BCUT2D eigenvalue weighted by atomic mass is 9.89. The van der Waals surface area contributed by atoms with Crippen LogP contribution in [0.5, 0.6) is 0 Å². The first-order valence-corrected chi connectivity index (χ1v) is 14.8. The lowest BCUT2D eigenvalue weighted by Gasteiger charge is -2.39. The van der Waals surface area contributed by atoms with E-state index in [9.17, 15) is 10.2 Å². The molecule has 2 N–H and O–H groups in total. The Morgan fingerprint density at radius 1 is 0.486 bits per heavy atom. The molecule has 5 aliphatic heterocycles. The highest BCUT2D eigenvalue weighted by atomic mass is 16.6. The van der Waals surface area contributed by atoms with Gasteiger partial charge in [0.05, 0.1) is 70.2 Å². The van der Waals surface area contributed by atoms with Gasteiger partial charge in [0.25, 0.3) is 0 Å². The predicted octanol–water partition coefficient (Wildman–Crippen LogP) is 4.83. The van der Waals surface area contributed by atoms with Crippen LogP contribution in [0.4, 0.5) is 0 Å². The van der Waals surface area contributed by atoms with Gasteiger partial charge < -0.3 is 33.9 Å². The first-order valence-electron chi connectivity index (χ1n) is 14.8. The summed E-state index contributed by atoms with van der Waals surface area (Å²) >= 11 is 0. The fourth-order valence-corrected chi connectivity index (χ4v) is 7.78. The molecule has 7 nitrogen and oxygen atoms in total. The van der Waals surface area contributed by atoms with Crippen LogP contribution < -0.4 is 0 Å². The van der Waals surface area contributed by atoms with E-state index in [2.05, 4.69) is 27.7 Å². The van der Waals surface area contributed by atoms with E-state index >= 15 is 0 Å². The molecule has 0 amide bonds. The zero-order valence-electron chi connectivity index (χ0n) is 24.5. The number of ether oxygens (including phenoxy) is 5. The Labute approximate surface area is 223 Å². The largest absolute Gasteiger partial charge is 0.388 e. The zero-order valence-corrected chi connectivity index (χ0v) is 24.5. The molecule has 214 valence electrons. The third-order valence-electron chi connectivity index (χ3n) is 10.6. The van der Waals surface area contributed by atoms with Gasteiger partial charge in [0.15, 0.2) is 0 Å². The average Bonchev–Trinajstić information content (AvgIpc) is 3.57. The number of aliphatic hydroxyl groups is 2. The van der Waals surface area contributed by atoms with E-state index in [1.165, 1.54) is 0 Å². The molecule has 0 aromatic carbocycles. The molecule has 0 bridgehead atoms. The lowest BCUT2D eigenvalue weighted by Crippen LogP contribution is -2.48. The van der Waals surface area contributed by atoms with E-state index in [4.69, 9.17) is 23.7 Å². The molecule has 0 saturated carbocycles. The van der Waals surface area contributed by atoms with Gasteiger partial charge in [0, 0.05) is 0 Å². The lowest BCUT2D eigenvalue weighted by molar-refractivity contribution is -0.214. The monoisotopic (exact) mass is 524 g/mol. The molecule has 0 aliphatic carbocycles. The van der Waals surface area contributed by atoms with Crippen LogP contribution in [0, 0.1) is 0 Å². The van der Waals surface area contributed by atoms with Gasteiger partial charge in [0.1, 0.15) is 0 Å². The highest BCUT2D eigenvalue weighted by Crippen LogP contribution is 2.51. The zero-order chi connectivity index (χ0) is 27.1. The summed E-state index contributed by atoms with van der Waals surface area (Å²) in [6.07, 6.45) is 9.04. The van der Waals surface area contributed by atoms with E-state index in [0.717, 1.165) is 64.2 Å². The van der Waals surface area contributed by atoms with Crippen LogP contribution in [-0.2, 0) is 23.7 Å². The van der Waals surface area contributed by atoms with E-state index < -0.39 is 11.2 Å². The first-order chi connectivity index (χ1) is 17.0. The van der Waals surface area contributed by atoms with Crippen LogP contribution in [0.3, 0.4) is 0 Å². The van der Waals surface area contributed by atoms with Gasteiger partial charge in [0.2, 0.25) is 0 Å². The second-order valence-corrected chi connectivity index (χ2v) is 14.8. The molecule has 5 fully saturated rings. The summed E-state index contributed by atoms with van der Waals surface area (Å²) in [7, 11) is 0. The molecule has 7 heteroatoms. The highest BCUT2D eigenvalue weighted by molar-refractivity contribution is 5.07. The Morgan fingerprint density at radius 2 is 0.811 bits per heavy atom. The van der Waals surface area contributed by atoms with Crippen molar-refractivity contribution in [2.75, 3.05) is 0 Å². The van der Waals surface area contributed by atoms with Crippen LogP contribution in [0.25, 0.3) is 0 Å². The second-order valence-electron chi connectivity index (χ2n) is 14.8. The fraction of sp³-hybridized carbons (Fsp3) is 1.00.